The second-order valence-corrected chi connectivity index (χ2v) is 12.7. The summed E-state index contributed by atoms with van der Waals surface area (Å²) in [5.41, 5.74) is 6.32. The molecule has 3 aromatic carbocycles. The van der Waals surface area contributed by atoms with Gasteiger partial charge < -0.3 is 4.98 Å². The third kappa shape index (κ3) is 2.11. The first-order valence-electron chi connectivity index (χ1n) is 8.63. The van der Waals surface area contributed by atoms with Crippen molar-refractivity contribution in [2.24, 2.45) is 0 Å². The van der Waals surface area contributed by atoms with Crippen molar-refractivity contribution in [3.8, 4) is 0 Å². The van der Waals surface area contributed by atoms with Crippen LogP contribution in [0, 0.1) is 0 Å². The van der Waals surface area contributed by atoms with Gasteiger partial charge in [-0.25, -0.2) is 9.97 Å². The van der Waals surface area contributed by atoms with Gasteiger partial charge in [0, 0.05) is 21.8 Å². The summed E-state index contributed by atoms with van der Waals surface area (Å²) in [4.78, 5) is 13.7. The number of hydrogen-bond acceptors (Lipinski definition) is 2. The van der Waals surface area contributed by atoms with Crippen LogP contribution < -0.4 is 5.19 Å². The van der Waals surface area contributed by atoms with Crippen molar-refractivity contribution in [2.75, 3.05) is 0 Å². The maximum Gasteiger partial charge on any atom is 0.0993 e. The van der Waals surface area contributed by atoms with Crippen LogP contribution in [-0.4, -0.2) is 23.0 Å². The predicted molar refractivity (Wildman–Crippen MR) is 109 cm³/mol. The fourth-order valence-corrected chi connectivity index (χ4v) is 5.13. The van der Waals surface area contributed by atoms with Gasteiger partial charge in [0.05, 0.1) is 30.1 Å². The number of nitrogens with zero attached hydrogens (tertiary/aromatic N) is 2. The van der Waals surface area contributed by atoms with Gasteiger partial charge in [-0.2, -0.15) is 0 Å². The molecule has 4 heteroatoms. The molecule has 0 bridgehead atoms. The minimum atomic E-state index is -1.57. The number of rotatable bonds is 1. The summed E-state index contributed by atoms with van der Waals surface area (Å²) in [5, 5.41) is 3.76. The molecule has 5 aromatic rings. The van der Waals surface area contributed by atoms with E-state index in [0.717, 1.165) is 33.1 Å². The Balaban J connectivity index is 2.10. The van der Waals surface area contributed by atoms with Crippen molar-refractivity contribution in [1.82, 2.24) is 15.0 Å². The fraction of sp³-hybridized carbons (Fsp3) is 0.143. The fourth-order valence-electron chi connectivity index (χ4n) is 3.67. The first-order chi connectivity index (χ1) is 12.0. The van der Waals surface area contributed by atoms with Gasteiger partial charge in [-0.05, 0) is 29.5 Å². The zero-order valence-corrected chi connectivity index (χ0v) is 15.6. The number of nitrogens with one attached hydrogen (secondary N) is 1. The van der Waals surface area contributed by atoms with E-state index in [9.17, 15) is 0 Å². The number of para-hydroxylation sites is 3. The lowest BCUT2D eigenvalue weighted by Crippen LogP contribution is -2.38. The van der Waals surface area contributed by atoms with Crippen LogP contribution in [0.15, 0.2) is 54.6 Å². The smallest absolute Gasteiger partial charge is 0.0993 e. The first-order valence-corrected chi connectivity index (χ1v) is 12.1. The number of aromatic amines is 1. The zero-order valence-electron chi connectivity index (χ0n) is 14.6. The summed E-state index contributed by atoms with van der Waals surface area (Å²) in [6.07, 6.45) is 0. The van der Waals surface area contributed by atoms with Gasteiger partial charge in [0.15, 0.2) is 0 Å². The van der Waals surface area contributed by atoms with Crippen molar-refractivity contribution in [3.63, 3.8) is 0 Å². The third-order valence-electron chi connectivity index (χ3n) is 4.89. The van der Waals surface area contributed by atoms with E-state index in [1.54, 1.807) is 0 Å². The molecule has 0 saturated carbocycles. The van der Waals surface area contributed by atoms with Crippen LogP contribution >= 0.6 is 0 Å². The molecule has 0 fully saturated rings. The Morgan fingerprint density at radius 2 is 1.40 bits per heavy atom. The molecule has 3 nitrogen and oxygen atoms in total. The van der Waals surface area contributed by atoms with Crippen LogP contribution in [0.5, 0.6) is 0 Å². The minimum Gasteiger partial charge on any atom is -0.354 e. The van der Waals surface area contributed by atoms with E-state index in [0.29, 0.717) is 0 Å². The highest BCUT2D eigenvalue weighted by molar-refractivity contribution is 6.90. The number of benzene rings is 3. The molecule has 0 aliphatic carbocycles. The maximum absolute atomic E-state index is 5.04. The average molecular weight is 341 g/mol. The molecular formula is C21H19N3Si. The van der Waals surface area contributed by atoms with Gasteiger partial charge in [-0.15, -0.1) is 0 Å². The Morgan fingerprint density at radius 1 is 0.760 bits per heavy atom. The average Bonchev–Trinajstić information content (AvgIpc) is 2.97. The molecule has 2 aromatic heterocycles. The second kappa shape index (κ2) is 4.89. The van der Waals surface area contributed by atoms with Crippen LogP contribution in [0.3, 0.4) is 0 Å². The SMILES string of the molecule is C[Si](C)(C)c1cc2[nH]c3ccccc3c2c2nc3ccccc3nc12. The highest BCUT2D eigenvalue weighted by atomic mass is 28.3. The molecule has 0 atom stereocenters. The Hall–Kier alpha value is -2.72. The van der Waals surface area contributed by atoms with E-state index in [2.05, 4.69) is 61.0 Å². The molecule has 2 heterocycles. The summed E-state index contributed by atoms with van der Waals surface area (Å²) in [5.74, 6) is 0. The molecule has 0 amide bonds. The Morgan fingerprint density at radius 3 is 2.12 bits per heavy atom. The largest absolute Gasteiger partial charge is 0.354 e. The zero-order chi connectivity index (χ0) is 17.2. The lowest BCUT2D eigenvalue weighted by Gasteiger charge is -2.19. The van der Waals surface area contributed by atoms with Crippen LogP contribution in [0.1, 0.15) is 0 Å². The summed E-state index contributed by atoms with van der Waals surface area (Å²) >= 11 is 0. The van der Waals surface area contributed by atoms with E-state index < -0.39 is 8.07 Å². The molecule has 0 radical (unpaired) electrons. The highest BCUT2D eigenvalue weighted by Crippen LogP contribution is 2.31. The maximum atomic E-state index is 5.04. The van der Waals surface area contributed by atoms with Gasteiger partial charge in [0.1, 0.15) is 0 Å². The molecule has 0 unspecified atom stereocenters. The summed E-state index contributed by atoms with van der Waals surface area (Å²) in [7, 11) is -1.57. The Bertz CT molecular complexity index is 1280. The van der Waals surface area contributed by atoms with Crippen LogP contribution in [0.4, 0.5) is 0 Å². The summed E-state index contributed by atoms with van der Waals surface area (Å²) < 4.78 is 0. The van der Waals surface area contributed by atoms with Crippen molar-refractivity contribution >= 4 is 57.1 Å². The summed E-state index contributed by atoms with van der Waals surface area (Å²) in [6.45, 7) is 7.10. The molecule has 1 N–H and O–H groups in total. The van der Waals surface area contributed by atoms with E-state index in [1.807, 2.05) is 18.2 Å². The Labute approximate surface area is 146 Å². The molecule has 25 heavy (non-hydrogen) atoms. The van der Waals surface area contributed by atoms with Crippen molar-refractivity contribution in [2.45, 2.75) is 19.6 Å². The molecule has 122 valence electrons. The predicted octanol–water partition coefficient (Wildman–Crippen LogP) is 4.96. The number of hydrogen-bond donors (Lipinski definition) is 1. The van der Waals surface area contributed by atoms with Crippen LogP contribution in [-0.2, 0) is 0 Å². The quantitative estimate of drug-likeness (QED) is 0.346. The van der Waals surface area contributed by atoms with E-state index in [4.69, 9.17) is 9.97 Å². The van der Waals surface area contributed by atoms with Gasteiger partial charge in [-0.3, -0.25) is 0 Å². The van der Waals surface area contributed by atoms with Gasteiger partial charge in [-0.1, -0.05) is 50.0 Å². The molecule has 0 aliphatic rings. The van der Waals surface area contributed by atoms with Crippen molar-refractivity contribution in [1.29, 1.82) is 0 Å². The van der Waals surface area contributed by atoms with Crippen LogP contribution in [0.2, 0.25) is 19.6 Å². The monoisotopic (exact) mass is 341 g/mol. The molecule has 5 rings (SSSR count). The van der Waals surface area contributed by atoms with Crippen molar-refractivity contribution < 1.29 is 0 Å². The first kappa shape index (κ1) is 14.6. The van der Waals surface area contributed by atoms with E-state index >= 15 is 0 Å². The lowest BCUT2D eigenvalue weighted by molar-refractivity contribution is 1.41. The van der Waals surface area contributed by atoms with Gasteiger partial charge in [0.2, 0.25) is 0 Å². The van der Waals surface area contributed by atoms with Gasteiger partial charge in [0.25, 0.3) is 0 Å². The van der Waals surface area contributed by atoms with E-state index in [1.165, 1.54) is 16.0 Å². The lowest BCUT2D eigenvalue weighted by atomic mass is 10.1. The van der Waals surface area contributed by atoms with E-state index in [-0.39, 0.29) is 0 Å². The number of H-pyrrole nitrogens is 1. The standard InChI is InChI=1S/C21H19N3Si/c1-25(2,3)18-12-17-19(13-8-4-5-9-14(13)22-17)21-20(18)23-15-10-6-7-11-16(15)24-21/h4-12,22H,1-3H3. The van der Waals surface area contributed by atoms with Crippen molar-refractivity contribution in [3.05, 3.63) is 54.6 Å². The highest BCUT2D eigenvalue weighted by Gasteiger charge is 2.24. The molecule has 0 spiro atoms. The second-order valence-electron chi connectivity index (χ2n) is 7.68. The van der Waals surface area contributed by atoms with Gasteiger partial charge >= 0.3 is 0 Å². The number of fused-ring (bicyclic) bond motifs is 6. The molecule has 0 aliphatic heterocycles. The molecular weight excluding hydrogens is 322 g/mol. The third-order valence-corrected chi connectivity index (χ3v) is 6.89. The molecule has 0 saturated heterocycles. The summed E-state index contributed by atoms with van der Waals surface area (Å²) in [6, 6.07) is 18.9. The minimum absolute atomic E-state index is 0.953. The number of aromatic nitrogens is 3. The Kier molecular flexibility index (Phi) is 2.86. The topological polar surface area (TPSA) is 41.6 Å². The van der Waals surface area contributed by atoms with Crippen LogP contribution in [0.25, 0.3) is 43.9 Å². The normalized spacial score (nSPS) is 12.6.